The molecule has 6 nitrogen and oxygen atoms in total. The Balaban J connectivity index is 1.53. The third kappa shape index (κ3) is 5.75. The second-order valence-corrected chi connectivity index (χ2v) is 7.71. The van der Waals surface area contributed by atoms with Crippen LogP contribution in [0, 0.1) is 6.92 Å². The van der Waals surface area contributed by atoms with Crippen LogP contribution < -0.4 is 15.0 Å². The van der Waals surface area contributed by atoms with Crippen molar-refractivity contribution in [3.63, 3.8) is 0 Å². The van der Waals surface area contributed by atoms with E-state index in [0.717, 1.165) is 24.2 Å². The Labute approximate surface area is 178 Å². The first-order chi connectivity index (χ1) is 14.5. The van der Waals surface area contributed by atoms with E-state index in [1.54, 1.807) is 14.0 Å². The Bertz CT molecular complexity index is 873. The maximum Gasteiger partial charge on any atom is 0.311 e. The number of carbonyl (C=O) groups is 2. The van der Waals surface area contributed by atoms with Gasteiger partial charge in [-0.1, -0.05) is 17.7 Å². The van der Waals surface area contributed by atoms with Crippen molar-refractivity contribution in [3.8, 4) is 5.75 Å². The number of hydrogen-bond acceptors (Lipinski definition) is 5. The molecule has 1 aliphatic rings. The van der Waals surface area contributed by atoms with E-state index in [1.807, 2.05) is 49.4 Å². The molecule has 0 aliphatic carbocycles. The van der Waals surface area contributed by atoms with E-state index >= 15 is 0 Å². The molecule has 1 atom stereocenters. The lowest BCUT2D eigenvalue weighted by Crippen LogP contribution is -2.31. The van der Waals surface area contributed by atoms with E-state index < -0.39 is 12.1 Å². The molecule has 6 heteroatoms. The summed E-state index contributed by atoms with van der Waals surface area (Å²) in [6.07, 6.45) is 2.88. The van der Waals surface area contributed by atoms with Crippen LogP contribution in [0.5, 0.6) is 5.75 Å². The van der Waals surface area contributed by atoms with Crippen LogP contribution in [0.15, 0.2) is 42.5 Å². The Morgan fingerprint density at radius 3 is 2.43 bits per heavy atom. The van der Waals surface area contributed by atoms with Crippen molar-refractivity contribution in [2.75, 3.05) is 30.4 Å². The number of esters is 1. The summed E-state index contributed by atoms with van der Waals surface area (Å²) in [4.78, 5) is 27.1. The molecule has 1 heterocycles. The Kier molecular flexibility index (Phi) is 7.33. The lowest BCUT2D eigenvalue weighted by atomic mass is 10.1. The van der Waals surface area contributed by atoms with E-state index in [4.69, 9.17) is 9.47 Å². The van der Waals surface area contributed by atoms with E-state index in [1.165, 1.54) is 24.9 Å². The predicted molar refractivity (Wildman–Crippen MR) is 118 cm³/mol. The average molecular weight is 411 g/mol. The van der Waals surface area contributed by atoms with Crippen molar-refractivity contribution in [1.82, 2.24) is 0 Å². The number of nitrogens with zero attached hydrogens (tertiary/aromatic N) is 1. The zero-order chi connectivity index (χ0) is 21.5. The number of nitrogens with one attached hydrogen (secondary N) is 1. The number of carbonyl (C=O) groups excluding carboxylic acids is 2. The number of anilines is 2. The molecule has 1 amide bonds. The maximum atomic E-state index is 12.4. The van der Waals surface area contributed by atoms with Gasteiger partial charge in [-0.2, -0.15) is 0 Å². The van der Waals surface area contributed by atoms with Gasteiger partial charge in [-0.3, -0.25) is 9.59 Å². The minimum absolute atomic E-state index is 0.0486. The minimum Gasteiger partial charge on any atom is -0.496 e. The SMILES string of the molecule is COc1ccc(C)cc1CC(=O)O[C@H](C)C(=O)Nc1ccc(N2CCCCC2)cc1. The van der Waals surface area contributed by atoms with Gasteiger partial charge in [0.25, 0.3) is 5.91 Å². The average Bonchev–Trinajstić information content (AvgIpc) is 2.75. The monoisotopic (exact) mass is 410 g/mol. The molecule has 0 saturated carbocycles. The van der Waals surface area contributed by atoms with Crippen LogP contribution in [-0.4, -0.2) is 38.2 Å². The highest BCUT2D eigenvalue weighted by Crippen LogP contribution is 2.23. The van der Waals surface area contributed by atoms with Gasteiger partial charge >= 0.3 is 5.97 Å². The van der Waals surface area contributed by atoms with Gasteiger partial charge in [0.1, 0.15) is 5.75 Å². The van der Waals surface area contributed by atoms with Gasteiger partial charge < -0.3 is 19.7 Å². The highest BCUT2D eigenvalue weighted by atomic mass is 16.5. The van der Waals surface area contributed by atoms with Gasteiger partial charge in [-0.15, -0.1) is 0 Å². The second-order valence-electron chi connectivity index (χ2n) is 7.71. The normalized spacial score (nSPS) is 14.7. The fourth-order valence-electron chi connectivity index (χ4n) is 3.64. The molecule has 1 aliphatic heterocycles. The van der Waals surface area contributed by atoms with Crippen molar-refractivity contribution < 1.29 is 19.1 Å². The molecule has 160 valence electrons. The molecule has 2 aromatic carbocycles. The van der Waals surface area contributed by atoms with Gasteiger partial charge in [0.15, 0.2) is 6.10 Å². The third-order valence-corrected chi connectivity index (χ3v) is 5.30. The van der Waals surface area contributed by atoms with Gasteiger partial charge in [0.2, 0.25) is 0 Å². The van der Waals surface area contributed by atoms with Gasteiger partial charge in [-0.25, -0.2) is 0 Å². The number of benzene rings is 2. The maximum absolute atomic E-state index is 12.4. The molecular weight excluding hydrogens is 380 g/mol. The lowest BCUT2D eigenvalue weighted by molar-refractivity contribution is -0.152. The predicted octanol–water partition coefficient (Wildman–Crippen LogP) is 4.11. The summed E-state index contributed by atoms with van der Waals surface area (Å²) < 4.78 is 10.6. The first-order valence-electron chi connectivity index (χ1n) is 10.4. The van der Waals surface area contributed by atoms with Crippen LogP contribution in [0.2, 0.25) is 0 Å². The van der Waals surface area contributed by atoms with Crippen LogP contribution in [0.4, 0.5) is 11.4 Å². The lowest BCUT2D eigenvalue weighted by Gasteiger charge is -2.28. The van der Waals surface area contributed by atoms with Crippen molar-refractivity contribution in [3.05, 3.63) is 53.6 Å². The first kappa shape index (κ1) is 21.7. The molecule has 3 rings (SSSR count). The van der Waals surface area contributed by atoms with Crippen LogP contribution in [0.25, 0.3) is 0 Å². The van der Waals surface area contributed by atoms with Crippen molar-refractivity contribution in [2.45, 2.75) is 45.6 Å². The summed E-state index contributed by atoms with van der Waals surface area (Å²) in [6.45, 7) is 5.67. The summed E-state index contributed by atoms with van der Waals surface area (Å²) in [6, 6.07) is 13.4. The van der Waals surface area contributed by atoms with Crippen molar-refractivity contribution in [1.29, 1.82) is 0 Å². The molecule has 2 aromatic rings. The van der Waals surface area contributed by atoms with Crippen LogP contribution in [-0.2, 0) is 20.7 Å². The van der Waals surface area contributed by atoms with Gasteiger partial charge in [-0.05, 0) is 63.4 Å². The second kappa shape index (κ2) is 10.1. The standard InChI is InChI=1S/C24H30N2O4/c1-17-7-12-22(29-3)19(15-17)16-23(27)30-18(2)24(28)25-20-8-10-21(11-9-20)26-13-5-4-6-14-26/h7-12,15,18H,4-6,13-14,16H2,1-3H3,(H,25,28)/t18-/m1/s1. The molecule has 0 unspecified atom stereocenters. The Morgan fingerprint density at radius 2 is 1.77 bits per heavy atom. The fourth-order valence-corrected chi connectivity index (χ4v) is 3.64. The van der Waals surface area contributed by atoms with E-state index in [-0.39, 0.29) is 12.3 Å². The molecule has 1 N–H and O–H groups in total. The topological polar surface area (TPSA) is 67.9 Å². The smallest absolute Gasteiger partial charge is 0.311 e. The van der Waals surface area contributed by atoms with E-state index in [2.05, 4.69) is 10.2 Å². The number of amides is 1. The summed E-state index contributed by atoms with van der Waals surface area (Å²) in [5.74, 6) is -0.198. The van der Waals surface area contributed by atoms with Gasteiger partial charge in [0.05, 0.1) is 13.5 Å². The summed E-state index contributed by atoms with van der Waals surface area (Å²) in [5.41, 5.74) is 3.61. The number of methoxy groups -OCH3 is 1. The molecule has 0 spiro atoms. The Morgan fingerprint density at radius 1 is 1.07 bits per heavy atom. The molecule has 0 aromatic heterocycles. The minimum atomic E-state index is -0.893. The molecule has 1 saturated heterocycles. The first-order valence-corrected chi connectivity index (χ1v) is 10.4. The zero-order valence-electron chi connectivity index (χ0n) is 17.9. The van der Waals surface area contributed by atoms with Crippen LogP contribution in [0.3, 0.4) is 0 Å². The van der Waals surface area contributed by atoms with E-state index in [0.29, 0.717) is 11.4 Å². The van der Waals surface area contributed by atoms with Crippen molar-refractivity contribution >= 4 is 23.3 Å². The highest BCUT2D eigenvalue weighted by Gasteiger charge is 2.19. The van der Waals surface area contributed by atoms with Crippen LogP contribution in [0.1, 0.15) is 37.3 Å². The highest BCUT2D eigenvalue weighted by molar-refractivity contribution is 5.95. The molecule has 0 radical (unpaired) electrons. The van der Waals surface area contributed by atoms with Gasteiger partial charge in [0, 0.05) is 30.0 Å². The number of piperidine rings is 1. The number of hydrogen-bond donors (Lipinski definition) is 1. The van der Waals surface area contributed by atoms with Crippen LogP contribution >= 0.6 is 0 Å². The molecule has 30 heavy (non-hydrogen) atoms. The molecule has 1 fully saturated rings. The summed E-state index contributed by atoms with van der Waals surface area (Å²) in [5, 5.41) is 2.81. The zero-order valence-corrected chi connectivity index (χ0v) is 17.9. The molecular formula is C24H30N2O4. The van der Waals surface area contributed by atoms with E-state index in [9.17, 15) is 9.59 Å². The summed E-state index contributed by atoms with van der Waals surface area (Å²) >= 11 is 0. The number of aryl methyl sites for hydroxylation is 1. The number of rotatable bonds is 7. The summed E-state index contributed by atoms with van der Waals surface area (Å²) in [7, 11) is 1.56. The number of ether oxygens (including phenoxy) is 2. The quantitative estimate of drug-likeness (QED) is 0.696. The fraction of sp³-hybridized carbons (Fsp3) is 0.417. The third-order valence-electron chi connectivity index (χ3n) is 5.30. The largest absolute Gasteiger partial charge is 0.496 e. The molecule has 0 bridgehead atoms. The Hall–Kier alpha value is -3.02. The van der Waals surface area contributed by atoms with Crippen molar-refractivity contribution in [2.24, 2.45) is 0 Å².